The largest absolute Gasteiger partial charge is 0.378 e. The van der Waals surface area contributed by atoms with Crippen molar-refractivity contribution in [2.45, 2.75) is 52.3 Å². The SMILES string of the molecule is Cc1cccc(CN2CC[C@@H]3OCC[C@H](C(=O)NC(C)C)[C@@H]3C2)n1. The van der Waals surface area contributed by atoms with Gasteiger partial charge in [-0.2, -0.15) is 0 Å². The second-order valence-corrected chi connectivity index (χ2v) is 7.43. The number of piperidine rings is 1. The quantitative estimate of drug-likeness (QED) is 0.918. The van der Waals surface area contributed by atoms with E-state index in [1.54, 1.807) is 0 Å². The minimum absolute atomic E-state index is 0.0689. The maximum atomic E-state index is 12.6. The van der Waals surface area contributed by atoms with Crippen LogP contribution in [0.1, 0.15) is 38.1 Å². The van der Waals surface area contributed by atoms with Crippen molar-refractivity contribution in [1.29, 1.82) is 0 Å². The molecule has 2 saturated heterocycles. The number of carbonyl (C=O) groups is 1. The first kappa shape index (κ1) is 17.4. The highest BCUT2D eigenvalue weighted by Gasteiger charge is 2.41. The fourth-order valence-electron chi connectivity index (χ4n) is 3.96. The van der Waals surface area contributed by atoms with Gasteiger partial charge in [-0.05, 0) is 45.7 Å². The van der Waals surface area contributed by atoms with E-state index in [-0.39, 0.29) is 29.9 Å². The summed E-state index contributed by atoms with van der Waals surface area (Å²) in [6, 6.07) is 6.36. The minimum atomic E-state index is 0.0689. The lowest BCUT2D eigenvalue weighted by Crippen LogP contribution is -2.53. The molecule has 24 heavy (non-hydrogen) atoms. The molecular formula is C19H29N3O2. The second kappa shape index (κ2) is 7.62. The summed E-state index contributed by atoms with van der Waals surface area (Å²) in [4.78, 5) is 19.6. The van der Waals surface area contributed by atoms with Gasteiger partial charge in [-0.15, -0.1) is 0 Å². The third kappa shape index (κ3) is 4.14. The lowest BCUT2D eigenvalue weighted by molar-refractivity contribution is -0.142. The molecule has 0 unspecified atom stereocenters. The number of nitrogens with one attached hydrogen (secondary N) is 1. The van der Waals surface area contributed by atoms with Gasteiger partial charge < -0.3 is 10.1 Å². The number of amides is 1. The van der Waals surface area contributed by atoms with Crippen LogP contribution in [0.3, 0.4) is 0 Å². The summed E-state index contributed by atoms with van der Waals surface area (Å²) in [5, 5.41) is 3.09. The molecule has 1 aromatic rings. The Balaban J connectivity index is 1.66. The number of ether oxygens (including phenoxy) is 1. The normalized spacial score (nSPS) is 27.8. The number of aryl methyl sites for hydroxylation is 1. The zero-order chi connectivity index (χ0) is 17.1. The monoisotopic (exact) mass is 331 g/mol. The average Bonchev–Trinajstić information content (AvgIpc) is 2.53. The van der Waals surface area contributed by atoms with Crippen molar-refractivity contribution >= 4 is 5.91 Å². The first-order valence-electron chi connectivity index (χ1n) is 9.10. The maximum Gasteiger partial charge on any atom is 0.223 e. The van der Waals surface area contributed by atoms with Crippen LogP contribution in [0.5, 0.6) is 0 Å². The van der Waals surface area contributed by atoms with Crippen LogP contribution in [0.25, 0.3) is 0 Å². The lowest BCUT2D eigenvalue weighted by Gasteiger charge is -2.44. The van der Waals surface area contributed by atoms with Crippen LogP contribution in [-0.2, 0) is 16.1 Å². The van der Waals surface area contributed by atoms with Gasteiger partial charge in [0.2, 0.25) is 5.91 Å². The smallest absolute Gasteiger partial charge is 0.223 e. The summed E-state index contributed by atoms with van der Waals surface area (Å²) < 4.78 is 5.96. The topological polar surface area (TPSA) is 54.5 Å². The third-order valence-corrected chi connectivity index (χ3v) is 5.05. The molecule has 5 nitrogen and oxygen atoms in total. The molecule has 1 amide bonds. The number of hydrogen-bond acceptors (Lipinski definition) is 4. The van der Waals surface area contributed by atoms with E-state index in [2.05, 4.69) is 27.3 Å². The summed E-state index contributed by atoms with van der Waals surface area (Å²) in [5.41, 5.74) is 2.16. The Labute approximate surface area is 144 Å². The minimum Gasteiger partial charge on any atom is -0.378 e. The number of aromatic nitrogens is 1. The van der Waals surface area contributed by atoms with Gasteiger partial charge >= 0.3 is 0 Å². The summed E-state index contributed by atoms with van der Waals surface area (Å²) in [6.45, 7) is 9.54. The molecule has 3 atom stereocenters. The van der Waals surface area contributed by atoms with Gasteiger partial charge in [-0.3, -0.25) is 14.7 Å². The highest BCUT2D eigenvalue weighted by atomic mass is 16.5. The predicted octanol–water partition coefficient (Wildman–Crippen LogP) is 2.14. The summed E-state index contributed by atoms with van der Waals surface area (Å²) in [7, 11) is 0. The molecule has 2 fully saturated rings. The standard InChI is InChI=1S/C19H29N3O2/c1-13(2)20-19(23)16-8-10-24-18-7-9-22(12-17(16)18)11-15-6-4-5-14(3)21-15/h4-6,13,16-18H,7-12H2,1-3H3,(H,20,23)/t16-,17-,18-/m0/s1. The Morgan fingerprint density at radius 2 is 2.25 bits per heavy atom. The Morgan fingerprint density at radius 3 is 3.00 bits per heavy atom. The molecule has 0 bridgehead atoms. The number of likely N-dealkylation sites (tertiary alicyclic amines) is 1. The zero-order valence-corrected chi connectivity index (χ0v) is 15.0. The Morgan fingerprint density at radius 1 is 1.42 bits per heavy atom. The van der Waals surface area contributed by atoms with Crippen LogP contribution in [-0.4, -0.2) is 47.6 Å². The number of carbonyl (C=O) groups excluding carboxylic acids is 1. The highest BCUT2D eigenvalue weighted by molar-refractivity contribution is 5.79. The van der Waals surface area contributed by atoms with Crippen LogP contribution in [0.2, 0.25) is 0 Å². The van der Waals surface area contributed by atoms with Crippen LogP contribution in [0.15, 0.2) is 18.2 Å². The van der Waals surface area contributed by atoms with Crippen LogP contribution in [0, 0.1) is 18.8 Å². The molecule has 0 radical (unpaired) electrons. The fourth-order valence-corrected chi connectivity index (χ4v) is 3.96. The van der Waals surface area contributed by atoms with E-state index < -0.39 is 0 Å². The zero-order valence-electron chi connectivity index (χ0n) is 15.0. The molecule has 132 valence electrons. The molecule has 2 aliphatic rings. The average molecular weight is 331 g/mol. The molecule has 0 aliphatic carbocycles. The van der Waals surface area contributed by atoms with Crippen molar-refractivity contribution in [2.24, 2.45) is 11.8 Å². The van der Waals surface area contributed by atoms with Crippen LogP contribution >= 0.6 is 0 Å². The fraction of sp³-hybridized carbons (Fsp3) is 0.684. The number of pyridine rings is 1. The first-order valence-corrected chi connectivity index (χ1v) is 9.10. The van der Waals surface area contributed by atoms with Crippen LogP contribution < -0.4 is 5.32 Å². The summed E-state index contributed by atoms with van der Waals surface area (Å²) in [5.74, 6) is 0.550. The van der Waals surface area contributed by atoms with Crippen molar-refractivity contribution in [1.82, 2.24) is 15.2 Å². The highest BCUT2D eigenvalue weighted by Crippen LogP contribution is 2.33. The van der Waals surface area contributed by atoms with E-state index in [0.717, 1.165) is 43.9 Å². The Bertz CT molecular complexity index is 575. The first-order chi connectivity index (χ1) is 11.5. The number of hydrogen-bond donors (Lipinski definition) is 1. The Hall–Kier alpha value is -1.46. The molecule has 1 aromatic heterocycles. The molecule has 5 heteroatoms. The molecule has 0 saturated carbocycles. The van der Waals surface area contributed by atoms with Crippen LogP contribution in [0.4, 0.5) is 0 Å². The predicted molar refractivity (Wildman–Crippen MR) is 93.5 cm³/mol. The number of nitrogens with zero attached hydrogens (tertiary/aromatic N) is 2. The molecular weight excluding hydrogens is 302 g/mol. The van der Waals surface area contributed by atoms with Crippen molar-refractivity contribution in [3.05, 3.63) is 29.6 Å². The summed E-state index contributed by atoms with van der Waals surface area (Å²) in [6.07, 6.45) is 2.06. The van der Waals surface area contributed by atoms with Gasteiger partial charge in [0.15, 0.2) is 0 Å². The van der Waals surface area contributed by atoms with Crippen molar-refractivity contribution in [3.8, 4) is 0 Å². The molecule has 3 heterocycles. The molecule has 2 aliphatic heterocycles. The van der Waals surface area contributed by atoms with Crippen molar-refractivity contribution in [2.75, 3.05) is 19.7 Å². The van der Waals surface area contributed by atoms with E-state index >= 15 is 0 Å². The van der Waals surface area contributed by atoms with Crippen molar-refractivity contribution in [3.63, 3.8) is 0 Å². The number of fused-ring (bicyclic) bond motifs is 1. The van der Waals surface area contributed by atoms with Gasteiger partial charge in [0.05, 0.1) is 11.8 Å². The van der Waals surface area contributed by atoms with E-state index in [4.69, 9.17) is 4.74 Å². The van der Waals surface area contributed by atoms with E-state index in [9.17, 15) is 4.79 Å². The van der Waals surface area contributed by atoms with Gasteiger partial charge in [-0.25, -0.2) is 0 Å². The molecule has 0 aromatic carbocycles. The Kier molecular flexibility index (Phi) is 5.51. The van der Waals surface area contributed by atoms with Crippen molar-refractivity contribution < 1.29 is 9.53 Å². The third-order valence-electron chi connectivity index (χ3n) is 5.05. The van der Waals surface area contributed by atoms with Gasteiger partial charge in [0.25, 0.3) is 0 Å². The van der Waals surface area contributed by atoms with Gasteiger partial charge in [0.1, 0.15) is 0 Å². The second-order valence-electron chi connectivity index (χ2n) is 7.43. The summed E-state index contributed by atoms with van der Waals surface area (Å²) >= 11 is 0. The molecule has 0 spiro atoms. The van der Waals surface area contributed by atoms with Gasteiger partial charge in [0, 0.05) is 49.8 Å². The lowest BCUT2D eigenvalue weighted by atomic mass is 9.79. The van der Waals surface area contributed by atoms with E-state index in [1.165, 1.54) is 0 Å². The maximum absolute atomic E-state index is 12.6. The van der Waals surface area contributed by atoms with E-state index in [1.807, 2.05) is 26.8 Å². The molecule has 1 N–H and O–H groups in total. The van der Waals surface area contributed by atoms with Gasteiger partial charge in [-0.1, -0.05) is 6.07 Å². The number of rotatable bonds is 4. The van der Waals surface area contributed by atoms with E-state index in [0.29, 0.717) is 6.61 Å². The molecule has 3 rings (SSSR count).